The summed E-state index contributed by atoms with van der Waals surface area (Å²) in [7, 11) is 0. The van der Waals surface area contributed by atoms with Crippen LogP contribution in [0.1, 0.15) is 17.3 Å². The number of carbonyl (C=O) groups is 1. The zero-order valence-corrected chi connectivity index (χ0v) is 16.5. The molecule has 0 aliphatic heterocycles. The molecule has 0 bridgehead atoms. The molecule has 0 fully saturated rings. The largest absolute Gasteiger partial charge is 0.462 e. The minimum Gasteiger partial charge on any atom is -0.462 e. The van der Waals surface area contributed by atoms with Crippen molar-refractivity contribution in [1.82, 2.24) is 4.57 Å². The highest BCUT2D eigenvalue weighted by atomic mass is 35.5. The zero-order chi connectivity index (χ0) is 19.2. The number of hydrogen-bond acceptors (Lipinski definition) is 4. The van der Waals surface area contributed by atoms with Crippen molar-refractivity contribution in [2.45, 2.75) is 13.5 Å². The van der Waals surface area contributed by atoms with Crippen molar-refractivity contribution in [2.75, 3.05) is 6.61 Å². The van der Waals surface area contributed by atoms with Gasteiger partial charge in [-0.25, -0.2) is 9.79 Å². The van der Waals surface area contributed by atoms with E-state index in [0.29, 0.717) is 23.7 Å². The number of thiazole rings is 1. The minimum absolute atomic E-state index is 0.327. The molecule has 1 aromatic heterocycles. The van der Waals surface area contributed by atoms with E-state index in [2.05, 4.69) is 16.5 Å². The second-order valence-electron chi connectivity index (χ2n) is 5.69. The van der Waals surface area contributed by atoms with Crippen LogP contribution >= 0.6 is 22.9 Å². The lowest BCUT2D eigenvalue weighted by atomic mass is 10.2. The van der Waals surface area contributed by atoms with Crippen molar-refractivity contribution in [1.29, 1.82) is 0 Å². The lowest BCUT2D eigenvalue weighted by Gasteiger charge is -2.07. The maximum atomic E-state index is 11.8. The molecule has 6 heteroatoms. The summed E-state index contributed by atoms with van der Waals surface area (Å²) in [5.74, 6) is -0.327. The van der Waals surface area contributed by atoms with Gasteiger partial charge in [0.1, 0.15) is 0 Å². The Hall–Kier alpha value is -2.63. The number of nitrogens with zero attached hydrogens (tertiary/aromatic N) is 2. The Balaban J connectivity index is 1.97. The molecular formula is C21H19ClN2O2S. The van der Waals surface area contributed by atoms with Crippen molar-refractivity contribution < 1.29 is 9.53 Å². The van der Waals surface area contributed by atoms with Crippen molar-refractivity contribution in [3.8, 4) is 11.3 Å². The van der Waals surface area contributed by atoms with Gasteiger partial charge in [-0.15, -0.1) is 17.9 Å². The molecule has 0 radical (unpaired) electrons. The Morgan fingerprint density at radius 1 is 1.22 bits per heavy atom. The first-order valence-electron chi connectivity index (χ1n) is 8.49. The molecule has 27 heavy (non-hydrogen) atoms. The Labute approximate surface area is 167 Å². The molecule has 0 saturated heterocycles. The highest BCUT2D eigenvalue weighted by molar-refractivity contribution is 7.07. The predicted octanol–water partition coefficient (Wildman–Crippen LogP) is 5.47. The van der Waals surface area contributed by atoms with Crippen LogP contribution < -0.4 is 4.80 Å². The summed E-state index contributed by atoms with van der Waals surface area (Å²) in [6.07, 6.45) is 1.84. The van der Waals surface area contributed by atoms with E-state index in [0.717, 1.165) is 21.7 Å². The smallest absolute Gasteiger partial charge is 0.338 e. The van der Waals surface area contributed by atoms with E-state index in [9.17, 15) is 4.79 Å². The van der Waals surface area contributed by atoms with Crippen LogP contribution in [0.2, 0.25) is 5.02 Å². The number of aromatic nitrogens is 1. The summed E-state index contributed by atoms with van der Waals surface area (Å²) >= 11 is 7.55. The first-order chi connectivity index (χ1) is 13.1. The SMILES string of the molecule is C=CCn1c(-c2ccc(Cl)cc2)csc1=Nc1ccc(C(=O)OCC)cc1. The van der Waals surface area contributed by atoms with E-state index >= 15 is 0 Å². The number of ether oxygens (including phenoxy) is 1. The van der Waals surface area contributed by atoms with Gasteiger partial charge in [0.25, 0.3) is 0 Å². The second kappa shape index (κ2) is 8.84. The van der Waals surface area contributed by atoms with Gasteiger partial charge < -0.3 is 9.30 Å². The molecule has 1 heterocycles. The normalized spacial score (nSPS) is 11.4. The molecule has 3 aromatic rings. The Morgan fingerprint density at radius 2 is 1.93 bits per heavy atom. The number of halogens is 1. The summed E-state index contributed by atoms with van der Waals surface area (Å²) in [6, 6.07) is 14.8. The molecule has 0 aliphatic carbocycles. The topological polar surface area (TPSA) is 43.6 Å². The molecule has 0 N–H and O–H groups in total. The molecule has 0 saturated carbocycles. The molecule has 4 nitrogen and oxygen atoms in total. The van der Waals surface area contributed by atoms with Gasteiger partial charge in [-0.1, -0.05) is 29.8 Å². The Kier molecular flexibility index (Phi) is 6.27. The number of allylic oxidation sites excluding steroid dienone is 1. The summed E-state index contributed by atoms with van der Waals surface area (Å²) in [5, 5.41) is 2.77. The van der Waals surface area contributed by atoms with Crippen LogP contribution in [0.15, 0.2) is 71.6 Å². The van der Waals surface area contributed by atoms with E-state index < -0.39 is 0 Å². The third-order valence-electron chi connectivity index (χ3n) is 3.85. The molecule has 3 rings (SSSR count). The van der Waals surface area contributed by atoms with Crippen molar-refractivity contribution >= 4 is 34.6 Å². The lowest BCUT2D eigenvalue weighted by Crippen LogP contribution is -2.14. The third kappa shape index (κ3) is 4.56. The van der Waals surface area contributed by atoms with Gasteiger partial charge in [-0.2, -0.15) is 0 Å². The fraction of sp³-hybridized carbons (Fsp3) is 0.143. The van der Waals surface area contributed by atoms with Crippen molar-refractivity contribution in [3.63, 3.8) is 0 Å². The first-order valence-corrected chi connectivity index (χ1v) is 9.75. The van der Waals surface area contributed by atoms with E-state index in [1.54, 1.807) is 30.4 Å². The third-order valence-corrected chi connectivity index (χ3v) is 4.97. The minimum atomic E-state index is -0.327. The van der Waals surface area contributed by atoms with Crippen LogP contribution in [0.4, 0.5) is 5.69 Å². The van der Waals surface area contributed by atoms with Gasteiger partial charge >= 0.3 is 5.97 Å². The molecular weight excluding hydrogens is 380 g/mol. The number of hydrogen-bond donors (Lipinski definition) is 0. The van der Waals surface area contributed by atoms with Crippen LogP contribution in [0.3, 0.4) is 0 Å². The molecule has 0 unspecified atom stereocenters. The van der Waals surface area contributed by atoms with Gasteiger partial charge in [0, 0.05) is 16.9 Å². The summed E-state index contributed by atoms with van der Waals surface area (Å²) in [4.78, 5) is 17.3. The van der Waals surface area contributed by atoms with Crippen LogP contribution in [0.25, 0.3) is 11.3 Å². The highest BCUT2D eigenvalue weighted by Crippen LogP contribution is 2.23. The summed E-state index contributed by atoms with van der Waals surface area (Å²) < 4.78 is 7.10. The van der Waals surface area contributed by atoms with Crippen LogP contribution in [0, 0.1) is 0 Å². The molecule has 0 amide bonds. The van der Waals surface area contributed by atoms with Crippen LogP contribution in [-0.2, 0) is 11.3 Å². The molecule has 0 atom stereocenters. The second-order valence-corrected chi connectivity index (χ2v) is 6.96. The zero-order valence-electron chi connectivity index (χ0n) is 14.9. The van der Waals surface area contributed by atoms with Gasteiger partial charge in [0.05, 0.1) is 23.6 Å². The molecule has 138 valence electrons. The van der Waals surface area contributed by atoms with E-state index in [-0.39, 0.29) is 5.97 Å². The van der Waals surface area contributed by atoms with E-state index in [4.69, 9.17) is 21.3 Å². The maximum Gasteiger partial charge on any atom is 0.338 e. The Morgan fingerprint density at radius 3 is 2.56 bits per heavy atom. The predicted molar refractivity (Wildman–Crippen MR) is 111 cm³/mol. The van der Waals surface area contributed by atoms with Crippen LogP contribution in [0.5, 0.6) is 0 Å². The summed E-state index contributed by atoms with van der Waals surface area (Å²) in [6.45, 7) is 6.63. The van der Waals surface area contributed by atoms with Gasteiger partial charge in [0.15, 0.2) is 4.80 Å². The first kappa shape index (κ1) is 19.1. The number of benzene rings is 2. The fourth-order valence-corrected chi connectivity index (χ4v) is 3.64. The van der Waals surface area contributed by atoms with Crippen molar-refractivity contribution in [2.24, 2.45) is 4.99 Å². The van der Waals surface area contributed by atoms with Crippen LogP contribution in [-0.4, -0.2) is 17.1 Å². The van der Waals surface area contributed by atoms with Crippen molar-refractivity contribution in [3.05, 3.63) is 82.0 Å². The highest BCUT2D eigenvalue weighted by Gasteiger charge is 2.08. The fourth-order valence-electron chi connectivity index (χ4n) is 2.57. The lowest BCUT2D eigenvalue weighted by molar-refractivity contribution is 0.0526. The average Bonchev–Trinajstić information content (AvgIpc) is 3.06. The number of esters is 1. The quantitative estimate of drug-likeness (QED) is 0.408. The summed E-state index contributed by atoms with van der Waals surface area (Å²) in [5.41, 5.74) is 3.41. The molecule has 2 aromatic carbocycles. The average molecular weight is 399 g/mol. The Bertz CT molecular complexity index is 1000. The van der Waals surface area contributed by atoms with Gasteiger partial charge in [-0.05, 0) is 48.9 Å². The van der Waals surface area contributed by atoms with E-state index in [1.165, 1.54) is 0 Å². The number of rotatable bonds is 6. The monoisotopic (exact) mass is 398 g/mol. The van der Waals surface area contributed by atoms with Gasteiger partial charge in [-0.3, -0.25) is 0 Å². The maximum absolute atomic E-state index is 11.8. The number of carbonyl (C=O) groups excluding carboxylic acids is 1. The molecule has 0 aliphatic rings. The van der Waals surface area contributed by atoms with E-state index in [1.807, 2.05) is 42.5 Å². The molecule has 0 spiro atoms. The standard InChI is InChI=1S/C21H19ClN2O2S/c1-3-13-24-19(15-5-9-17(22)10-6-15)14-27-21(24)23-18-11-7-16(8-12-18)20(25)26-4-2/h3,5-12,14H,1,4,13H2,2H3. The van der Waals surface area contributed by atoms with Gasteiger partial charge in [0.2, 0.25) is 0 Å².